The Bertz CT molecular complexity index is 683. The third-order valence-electron chi connectivity index (χ3n) is 3.29. The molecule has 92 valence electrons. The molecule has 1 amide bonds. The molecule has 0 N–H and O–H groups in total. The van der Waals surface area contributed by atoms with Crippen molar-refractivity contribution in [2.24, 2.45) is 0 Å². The lowest BCUT2D eigenvalue weighted by molar-refractivity contribution is -0.412. The summed E-state index contributed by atoms with van der Waals surface area (Å²) in [6.45, 7) is 4.27. The molecule has 2 nitrogen and oxygen atoms in total. The van der Waals surface area contributed by atoms with Gasteiger partial charge in [-0.1, -0.05) is 36.9 Å². The summed E-state index contributed by atoms with van der Waals surface area (Å²) in [5.41, 5.74) is 3.80. The van der Waals surface area contributed by atoms with Gasteiger partial charge in [0.15, 0.2) is 6.54 Å². The average Bonchev–Trinajstić information content (AvgIpc) is 2.74. The van der Waals surface area contributed by atoms with Gasteiger partial charge in [0.05, 0.1) is 5.56 Å². The first kappa shape index (κ1) is 11.6. The summed E-state index contributed by atoms with van der Waals surface area (Å²) in [6, 6.07) is 17.7. The van der Waals surface area contributed by atoms with Crippen LogP contribution in [0.25, 0.3) is 0 Å². The van der Waals surface area contributed by atoms with Crippen LogP contribution in [0, 0.1) is 0 Å². The van der Waals surface area contributed by atoms with Crippen molar-refractivity contribution in [1.82, 2.24) is 0 Å². The van der Waals surface area contributed by atoms with Gasteiger partial charge in [0, 0.05) is 5.56 Å². The van der Waals surface area contributed by atoms with Crippen LogP contribution in [0.15, 0.2) is 67.3 Å². The predicted octanol–water partition coefficient (Wildman–Crippen LogP) is 2.88. The molecular formula is C17H14NO+. The zero-order valence-electron chi connectivity index (χ0n) is 10.5. The van der Waals surface area contributed by atoms with Gasteiger partial charge >= 0.3 is 5.91 Å². The minimum Gasteiger partial charge on any atom is -0.214 e. The third-order valence-corrected chi connectivity index (χ3v) is 3.29. The van der Waals surface area contributed by atoms with Crippen molar-refractivity contribution < 1.29 is 9.37 Å². The summed E-state index contributed by atoms with van der Waals surface area (Å²) in [5, 5.41) is 0. The molecule has 0 radical (unpaired) electrons. The van der Waals surface area contributed by atoms with Gasteiger partial charge in [-0.25, -0.2) is 4.79 Å². The van der Waals surface area contributed by atoms with Crippen LogP contribution >= 0.6 is 0 Å². The van der Waals surface area contributed by atoms with Gasteiger partial charge in [-0.3, -0.25) is 0 Å². The number of amides is 1. The molecule has 19 heavy (non-hydrogen) atoms. The maximum Gasteiger partial charge on any atom is 0.421 e. The maximum atomic E-state index is 12.4. The lowest BCUT2D eigenvalue weighted by Gasteiger charge is -1.99. The normalized spacial score (nSPS) is 13.6. The molecule has 1 heterocycles. The van der Waals surface area contributed by atoms with Crippen LogP contribution in [0.4, 0.5) is 0 Å². The lowest BCUT2D eigenvalue weighted by Crippen LogP contribution is -2.21. The van der Waals surface area contributed by atoms with Gasteiger partial charge in [-0.2, -0.15) is 4.58 Å². The monoisotopic (exact) mass is 248 g/mol. The molecule has 0 aliphatic carbocycles. The largest absolute Gasteiger partial charge is 0.421 e. The SMILES string of the molecule is C=CC[N+]1=C(c2ccccc2)c2ccccc2C1=O. The molecule has 0 bridgehead atoms. The van der Waals surface area contributed by atoms with Crippen LogP contribution in [0.5, 0.6) is 0 Å². The average molecular weight is 248 g/mol. The Hall–Kier alpha value is -2.48. The van der Waals surface area contributed by atoms with Gasteiger partial charge < -0.3 is 0 Å². The standard InChI is InChI=1S/C17H14NO/c1-2-12-18-16(13-8-4-3-5-9-13)14-10-6-7-11-15(14)17(18)19/h2-11H,1,12H2/q+1. The second-order valence-electron chi connectivity index (χ2n) is 4.46. The number of carbonyl (C=O) groups is 1. The van der Waals surface area contributed by atoms with Crippen LogP contribution in [0.1, 0.15) is 21.5 Å². The maximum absolute atomic E-state index is 12.4. The Kier molecular flexibility index (Phi) is 2.84. The van der Waals surface area contributed by atoms with E-state index in [-0.39, 0.29) is 5.91 Å². The van der Waals surface area contributed by atoms with E-state index in [1.54, 1.807) is 10.7 Å². The van der Waals surface area contributed by atoms with Crippen LogP contribution in [0.3, 0.4) is 0 Å². The van der Waals surface area contributed by atoms with E-state index in [4.69, 9.17) is 0 Å². The molecule has 0 atom stereocenters. The minimum atomic E-state index is 0.0503. The van der Waals surface area contributed by atoms with Crippen LogP contribution in [0.2, 0.25) is 0 Å². The highest BCUT2D eigenvalue weighted by atomic mass is 16.2. The van der Waals surface area contributed by atoms with E-state index in [1.165, 1.54) is 0 Å². The van der Waals surface area contributed by atoms with Crippen molar-refractivity contribution in [1.29, 1.82) is 0 Å². The Morgan fingerprint density at radius 1 is 0.947 bits per heavy atom. The van der Waals surface area contributed by atoms with Gasteiger partial charge in [-0.05, 0) is 30.3 Å². The molecule has 0 saturated carbocycles. The number of hydrogen-bond donors (Lipinski definition) is 0. The number of carbonyl (C=O) groups excluding carboxylic acids is 1. The molecule has 0 spiro atoms. The van der Waals surface area contributed by atoms with E-state index in [0.717, 1.165) is 22.4 Å². The molecule has 0 saturated heterocycles. The summed E-state index contributed by atoms with van der Waals surface area (Å²) < 4.78 is 1.78. The van der Waals surface area contributed by atoms with Gasteiger partial charge in [0.25, 0.3) is 0 Å². The minimum absolute atomic E-state index is 0.0503. The van der Waals surface area contributed by atoms with Crippen LogP contribution < -0.4 is 0 Å². The molecule has 2 aromatic carbocycles. The van der Waals surface area contributed by atoms with Crippen molar-refractivity contribution in [3.63, 3.8) is 0 Å². The quantitative estimate of drug-likeness (QED) is 0.604. The summed E-state index contributed by atoms with van der Waals surface area (Å²) >= 11 is 0. The van der Waals surface area contributed by atoms with Crippen molar-refractivity contribution in [2.75, 3.05) is 6.54 Å². The second-order valence-corrected chi connectivity index (χ2v) is 4.46. The smallest absolute Gasteiger partial charge is 0.214 e. The number of fused-ring (bicyclic) bond motifs is 1. The first-order valence-corrected chi connectivity index (χ1v) is 6.27. The zero-order valence-corrected chi connectivity index (χ0v) is 10.5. The first-order chi connectivity index (χ1) is 9.33. The molecule has 1 aliphatic heterocycles. The summed E-state index contributed by atoms with van der Waals surface area (Å²) in [7, 11) is 0. The molecule has 0 aromatic heterocycles. The van der Waals surface area contributed by atoms with Crippen LogP contribution in [-0.4, -0.2) is 22.7 Å². The third kappa shape index (κ3) is 1.82. The van der Waals surface area contributed by atoms with E-state index >= 15 is 0 Å². The van der Waals surface area contributed by atoms with Crippen LogP contribution in [-0.2, 0) is 0 Å². The van der Waals surface area contributed by atoms with E-state index < -0.39 is 0 Å². The first-order valence-electron chi connectivity index (χ1n) is 6.27. The molecule has 1 aliphatic rings. The highest BCUT2D eigenvalue weighted by Gasteiger charge is 2.37. The topological polar surface area (TPSA) is 20.1 Å². The number of hydrogen-bond acceptors (Lipinski definition) is 1. The Balaban J connectivity index is 2.26. The number of benzene rings is 2. The fourth-order valence-electron chi connectivity index (χ4n) is 2.48. The van der Waals surface area contributed by atoms with Gasteiger partial charge in [-0.15, -0.1) is 0 Å². The Morgan fingerprint density at radius 3 is 2.26 bits per heavy atom. The molecular weight excluding hydrogens is 234 g/mol. The van der Waals surface area contributed by atoms with E-state index in [1.807, 2.05) is 54.6 Å². The highest BCUT2D eigenvalue weighted by molar-refractivity contribution is 6.20. The fourth-order valence-corrected chi connectivity index (χ4v) is 2.48. The highest BCUT2D eigenvalue weighted by Crippen LogP contribution is 2.22. The van der Waals surface area contributed by atoms with E-state index in [9.17, 15) is 4.79 Å². The second kappa shape index (κ2) is 4.65. The number of rotatable bonds is 3. The molecule has 3 rings (SSSR count). The Labute approximate surface area is 112 Å². The van der Waals surface area contributed by atoms with Crippen molar-refractivity contribution >= 4 is 11.6 Å². The lowest BCUT2D eigenvalue weighted by atomic mass is 10.0. The van der Waals surface area contributed by atoms with Crippen molar-refractivity contribution in [3.05, 3.63) is 83.9 Å². The van der Waals surface area contributed by atoms with Gasteiger partial charge in [0.2, 0.25) is 5.71 Å². The summed E-state index contributed by atoms with van der Waals surface area (Å²) in [5.74, 6) is 0.0503. The zero-order chi connectivity index (χ0) is 13.2. The number of nitrogens with zero attached hydrogens (tertiary/aromatic N) is 1. The molecule has 0 fully saturated rings. The summed E-state index contributed by atoms with van der Waals surface area (Å²) in [6.07, 6.45) is 1.76. The molecule has 2 heteroatoms. The summed E-state index contributed by atoms with van der Waals surface area (Å²) in [4.78, 5) is 12.4. The van der Waals surface area contributed by atoms with Gasteiger partial charge in [0.1, 0.15) is 5.56 Å². The fraction of sp³-hybridized carbons (Fsp3) is 0.0588. The van der Waals surface area contributed by atoms with Crippen molar-refractivity contribution in [2.45, 2.75) is 0 Å². The van der Waals surface area contributed by atoms with Crippen molar-refractivity contribution in [3.8, 4) is 0 Å². The van der Waals surface area contributed by atoms with E-state index in [0.29, 0.717) is 6.54 Å². The molecule has 2 aromatic rings. The van der Waals surface area contributed by atoms with E-state index in [2.05, 4.69) is 6.58 Å². The molecule has 0 unspecified atom stereocenters. The predicted molar refractivity (Wildman–Crippen MR) is 75.7 cm³/mol. The Morgan fingerprint density at radius 2 is 1.58 bits per heavy atom.